The van der Waals surface area contributed by atoms with Gasteiger partial charge in [0, 0.05) is 11.9 Å². The Balaban J connectivity index is 2.70. The lowest BCUT2D eigenvalue weighted by molar-refractivity contribution is -0.137. The minimum Gasteiger partial charge on any atom is -0.341 e. The molecule has 110 valence electrons. The van der Waals surface area contributed by atoms with E-state index in [-0.39, 0.29) is 10.6 Å². The van der Waals surface area contributed by atoms with Crippen molar-refractivity contribution in [3.8, 4) is 0 Å². The summed E-state index contributed by atoms with van der Waals surface area (Å²) in [5.41, 5.74) is -0.962. The normalized spacial score (nSPS) is 11.1. The summed E-state index contributed by atoms with van der Waals surface area (Å²) in [6, 6.07) is 2.67. The van der Waals surface area contributed by atoms with Crippen molar-refractivity contribution in [1.29, 1.82) is 0 Å². The fourth-order valence-corrected chi connectivity index (χ4v) is 2.15. The second kappa shape index (κ2) is 6.85. The van der Waals surface area contributed by atoms with E-state index in [4.69, 9.17) is 11.6 Å². The standard InChI is InChI=1S/C11H10ClF3N2O2S/c1-16-10(19)17-9(18)5-20-6-2-3-8(12)7(4-6)11(13,14)15/h2-4H,5H2,1H3,(H2,16,17,18,19). The molecule has 0 aliphatic rings. The Morgan fingerprint density at radius 3 is 2.55 bits per heavy atom. The van der Waals surface area contributed by atoms with Gasteiger partial charge in [0.15, 0.2) is 0 Å². The molecule has 0 aliphatic heterocycles. The molecule has 1 rings (SSSR count). The summed E-state index contributed by atoms with van der Waals surface area (Å²) in [4.78, 5) is 22.4. The second-order valence-electron chi connectivity index (χ2n) is 3.56. The summed E-state index contributed by atoms with van der Waals surface area (Å²) in [7, 11) is 1.34. The maximum Gasteiger partial charge on any atom is 0.417 e. The highest BCUT2D eigenvalue weighted by atomic mass is 35.5. The molecule has 0 aliphatic carbocycles. The van der Waals surface area contributed by atoms with Crippen molar-refractivity contribution in [2.45, 2.75) is 11.1 Å². The first-order valence-electron chi connectivity index (χ1n) is 5.25. The first-order chi connectivity index (χ1) is 9.24. The smallest absolute Gasteiger partial charge is 0.341 e. The summed E-state index contributed by atoms with van der Waals surface area (Å²) < 4.78 is 37.9. The highest BCUT2D eigenvalue weighted by Gasteiger charge is 2.33. The van der Waals surface area contributed by atoms with Crippen LogP contribution in [0.4, 0.5) is 18.0 Å². The number of benzene rings is 1. The fourth-order valence-electron chi connectivity index (χ4n) is 1.19. The summed E-state index contributed by atoms with van der Waals surface area (Å²) in [5, 5.41) is 3.78. The van der Waals surface area contributed by atoms with Crippen LogP contribution in [0.15, 0.2) is 23.1 Å². The van der Waals surface area contributed by atoms with E-state index in [0.717, 1.165) is 23.9 Å². The zero-order valence-electron chi connectivity index (χ0n) is 10.2. The van der Waals surface area contributed by atoms with Crippen LogP contribution >= 0.6 is 23.4 Å². The number of rotatable bonds is 3. The van der Waals surface area contributed by atoms with Crippen molar-refractivity contribution >= 4 is 35.3 Å². The molecule has 0 spiro atoms. The lowest BCUT2D eigenvalue weighted by Gasteiger charge is -2.10. The van der Waals surface area contributed by atoms with Crippen LogP contribution in [-0.4, -0.2) is 24.7 Å². The molecule has 0 atom stereocenters. The van der Waals surface area contributed by atoms with Crippen molar-refractivity contribution in [3.63, 3.8) is 0 Å². The van der Waals surface area contributed by atoms with Gasteiger partial charge in [0.25, 0.3) is 0 Å². The Morgan fingerprint density at radius 1 is 1.35 bits per heavy atom. The van der Waals surface area contributed by atoms with E-state index in [9.17, 15) is 22.8 Å². The average molecular weight is 327 g/mol. The SMILES string of the molecule is CNC(=O)NC(=O)CSc1ccc(Cl)c(C(F)(F)F)c1. The van der Waals surface area contributed by atoms with Gasteiger partial charge in [-0.25, -0.2) is 4.79 Å². The second-order valence-corrected chi connectivity index (χ2v) is 5.01. The molecule has 0 bridgehead atoms. The van der Waals surface area contributed by atoms with E-state index in [2.05, 4.69) is 5.32 Å². The molecule has 0 saturated carbocycles. The van der Waals surface area contributed by atoms with Crippen LogP contribution in [0.3, 0.4) is 0 Å². The Hall–Kier alpha value is -1.41. The predicted octanol–water partition coefficient (Wildman–Crippen LogP) is 2.91. The van der Waals surface area contributed by atoms with E-state index in [1.54, 1.807) is 0 Å². The number of imide groups is 1. The minimum atomic E-state index is -4.56. The van der Waals surface area contributed by atoms with Crippen LogP contribution in [0, 0.1) is 0 Å². The third kappa shape index (κ3) is 4.93. The number of alkyl halides is 3. The van der Waals surface area contributed by atoms with Gasteiger partial charge in [-0.1, -0.05) is 11.6 Å². The molecular formula is C11H10ClF3N2O2S. The molecule has 0 heterocycles. The Bertz CT molecular complexity index is 523. The van der Waals surface area contributed by atoms with Gasteiger partial charge in [-0.15, -0.1) is 11.8 Å². The molecule has 9 heteroatoms. The largest absolute Gasteiger partial charge is 0.417 e. The van der Waals surface area contributed by atoms with E-state index < -0.39 is 28.7 Å². The lowest BCUT2D eigenvalue weighted by Crippen LogP contribution is -2.38. The van der Waals surface area contributed by atoms with Crippen molar-refractivity contribution < 1.29 is 22.8 Å². The Morgan fingerprint density at radius 2 is 2.00 bits per heavy atom. The zero-order chi connectivity index (χ0) is 15.3. The number of amides is 3. The number of nitrogens with one attached hydrogen (secondary N) is 2. The van der Waals surface area contributed by atoms with Crippen LogP contribution in [0.25, 0.3) is 0 Å². The first kappa shape index (κ1) is 16.6. The molecule has 0 unspecified atom stereocenters. The summed E-state index contributed by atoms with van der Waals surface area (Å²) in [5.74, 6) is -0.801. The van der Waals surface area contributed by atoms with E-state index in [0.29, 0.717) is 0 Å². The van der Waals surface area contributed by atoms with E-state index >= 15 is 0 Å². The average Bonchev–Trinajstić information content (AvgIpc) is 2.36. The maximum absolute atomic E-state index is 12.6. The molecule has 0 aromatic heterocycles. The van der Waals surface area contributed by atoms with Gasteiger partial charge in [0.05, 0.1) is 16.3 Å². The van der Waals surface area contributed by atoms with Crippen LogP contribution in [0.5, 0.6) is 0 Å². The van der Waals surface area contributed by atoms with Crippen LogP contribution in [-0.2, 0) is 11.0 Å². The molecule has 20 heavy (non-hydrogen) atoms. The number of urea groups is 1. The quantitative estimate of drug-likeness (QED) is 0.840. The predicted molar refractivity (Wildman–Crippen MR) is 69.8 cm³/mol. The van der Waals surface area contributed by atoms with Gasteiger partial charge < -0.3 is 5.32 Å². The molecule has 1 aromatic rings. The Kier molecular flexibility index (Phi) is 5.70. The minimum absolute atomic E-state index is 0.188. The molecule has 0 fully saturated rings. The van der Waals surface area contributed by atoms with Crippen LogP contribution in [0.1, 0.15) is 5.56 Å². The molecular weight excluding hydrogens is 317 g/mol. The molecule has 0 radical (unpaired) electrons. The van der Waals surface area contributed by atoms with Gasteiger partial charge in [-0.05, 0) is 18.2 Å². The zero-order valence-corrected chi connectivity index (χ0v) is 11.7. The topological polar surface area (TPSA) is 58.2 Å². The molecule has 2 N–H and O–H groups in total. The number of hydrogen-bond acceptors (Lipinski definition) is 3. The number of carbonyl (C=O) groups excluding carboxylic acids is 2. The summed E-state index contributed by atoms with van der Waals surface area (Å²) in [6.45, 7) is 0. The number of thioether (sulfide) groups is 1. The fraction of sp³-hybridized carbons (Fsp3) is 0.273. The molecule has 1 aromatic carbocycles. The number of hydrogen-bond donors (Lipinski definition) is 2. The van der Waals surface area contributed by atoms with Crippen LogP contribution in [0.2, 0.25) is 5.02 Å². The summed E-state index contributed by atoms with van der Waals surface area (Å²) >= 11 is 6.34. The first-order valence-corrected chi connectivity index (χ1v) is 6.61. The monoisotopic (exact) mass is 326 g/mol. The summed E-state index contributed by atoms with van der Waals surface area (Å²) in [6.07, 6.45) is -4.56. The Labute approximate surface area is 122 Å². The van der Waals surface area contributed by atoms with Crippen molar-refractivity contribution in [3.05, 3.63) is 28.8 Å². The van der Waals surface area contributed by atoms with Crippen molar-refractivity contribution in [2.24, 2.45) is 0 Å². The van der Waals surface area contributed by atoms with E-state index in [1.807, 2.05) is 5.32 Å². The van der Waals surface area contributed by atoms with Gasteiger partial charge in [-0.3, -0.25) is 10.1 Å². The third-order valence-electron chi connectivity index (χ3n) is 2.09. The van der Waals surface area contributed by atoms with Crippen molar-refractivity contribution in [1.82, 2.24) is 10.6 Å². The van der Waals surface area contributed by atoms with Gasteiger partial charge in [0.1, 0.15) is 0 Å². The molecule has 0 saturated heterocycles. The lowest BCUT2D eigenvalue weighted by atomic mass is 10.2. The van der Waals surface area contributed by atoms with Crippen LogP contribution < -0.4 is 10.6 Å². The maximum atomic E-state index is 12.6. The highest BCUT2D eigenvalue weighted by molar-refractivity contribution is 8.00. The van der Waals surface area contributed by atoms with Gasteiger partial charge >= 0.3 is 12.2 Å². The van der Waals surface area contributed by atoms with Gasteiger partial charge in [-0.2, -0.15) is 13.2 Å². The number of carbonyl (C=O) groups is 2. The molecule has 4 nitrogen and oxygen atoms in total. The number of halogens is 4. The highest BCUT2D eigenvalue weighted by Crippen LogP contribution is 2.36. The molecule has 3 amide bonds. The third-order valence-corrected chi connectivity index (χ3v) is 3.42. The van der Waals surface area contributed by atoms with Gasteiger partial charge in [0.2, 0.25) is 5.91 Å². The van der Waals surface area contributed by atoms with E-state index in [1.165, 1.54) is 13.1 Å². The van der Waals surface area contributed by atoms with Crippen molar-refractivity contribution in [2.75, 3.05) is 12.8 Å².